The summed E-state index contributed by atoms with van der Waals surface area (Å²) in [6.45, 7) is 3.31. The highest BCUT2D eigenvalue weighted by atomic mass is 16.4. The molecule has 14 nitrogen and oxygen atoms in total. The van der Waals surface area contributed by atoms with Gasteiger partial charge in [-0.1, -0.05) is 43.7 Å². The van der Waals surface area contributed by atoms with Gasteiger partial charge in [0.1, 0.15) is 12.1 Å². The van der Waals surface area contributed by atoms with Crippen molar-refractivity contribution in [3.05, 3.63) is 35.7 Å². The number of anilines is 1. The second-order valence-electron chi connectivity index (χ2n) is 9.05. The minimum Gasteiger partial charge on any atom is -0.481 e. The van der Waals surface area contributed by atoms with Gasteiger partial charge < -0.3 is 21.1 Å². The maximum atomic E-state index is 13.3. The van der Waals surface area contributed by atoms with E-state index in [4.69, 9.17) is 5.11 Å². The Kier molecular flexibility index (Phi) is 9.85. The lowest BCUT2D eigenvalue weighted by Crippen LogP contribution is -2.54. The van der Waals surface area contributed by atoms with E-state index in [0.717, 1.165) is 5.56 Å². The third-order valence-electron chi connectivity index (χ3n) is 6.38. The van der Waals surface area contributed by atoms with Gasteiger partial charge in [-0.2, -0.15) is 5.21 Å². The number of aliphatic carboxylic acids is 1. The Labute approximate surface area is 218 Å². The second kappa shape index (κ2) is 13.3. The maximum Gasteiger partial charge on any atom is 0.303 e. The van der Waals surface area contributed by atoms with Crippen LogP contribution in [0.15, 0.2) is 24.3 Å². The maximum absolute atomic E-state index is 13.3. The number of aromatic amines is 1. The van der Waals surface area contributed by atoms with Crippen molar-refractivity contribution in [2.24, 2.45) is 5.92 Å². The molecule has 0 bridgehead atoms. The van der Waals surface area contributed by atoms with E-state index in [0.29, 0.717) is 24.4 Å². The predicted molar refractivity (Wildman–Crippen MR) is 133 cm³/mol. The monoisotopic (exact) mass is 528 g/mol. The van der Waals surface area contributed by atoms with Gasteiger partial charge in [0, 0.05) is 24.9 Å². The Hall–Kier alpha value is -4.36. The van der Waals surface area contributed by atoms with Crippen LogP contribution in [-0.2, 0) is 36.9 Å². The summed E-state index contributed by atoms with van der Waals surface area (Å²) in [6, 6.07) is 5.42. The van der Waals surface area contributed by atoms with Gasteiger partial charge in [-0.3, -0.25) is 28.9 Å². The van der Waals surface area contributed by atoms with E-state index in [1.54, 1.807) is 19.1 Å². The molecule has 0 saturated heterocycles. The number of rotatable bonds is 13. The first-order valence-corrected chi connectivity index (χ1v) is 12.4. The van der Waals surface area contributed by atoms with E-state index < -0.39 is 41.7 Å². The van der Waals surface area contributed by atoms with Crippen LogP contribution in [-0.4, -0.2) is 74.0 Å². The zero-order chi connectivity index (χ0) is 27.7. The standard InChI is InChI=1S/C24H32N8O6/c1-3-14(2)22(27-19(33)9-6-10-21(35)36)24(38)26-13-20(34)32-16-8-5-4-7-15(16)11-17(32)23(37)25-12-18-28-30-31-29-18/h4-5,7-8,14,17,22H,3,6,9-13H2,1-2H3,(H,25,37)(H,26,38)(H,27,33)(H,35,36)(H,28,29,30,31)/t14-,17-,22-/m0/s1. The Morgan fingerprint density at radius 1 is 1.16 bits per heavy atom. The van der Waals surface area contributed by atoms with Crippen molar-refractivity contribution in [2.75, 3.05) is 11.4 Å². The van der Waals surface area contributed by atoms with Crippen molar-refractivity contribution in [3.8, 4) is 0 Å². The van der Waals surface area contributed by atoms with Crippen molar-refractivity contribution in [3.63, 3.8) is 0 Å². The van der Waals surface area contributed by atoms with E-state index in [1.165, 1.54) is 4.90 Å². The van der Waals surface area contributed by atoms with Crippen LogP contribution < -0.4 is 20.9 Å². The fraction of sp³-hybridized carbons (Fsp3) is 0.500. The number of carbonyl (C=O) groups is 5. The molecular formula is C24H32N8O6. The molecule has 0 aliphatic carbocycles. The van der Waals surface area contributed by atoms with Crippen LogP contribution in [0.25, 0.3) is 0 Å². The molecule has 14 heteroatoms. The molecule has 1 aromatic carbocycles. The molecule has 204 valence electrons. The molecule has 1 aliphatic heterocycles. The number of H-pyrrole nitrogens is 1. The van der Waals surface area contributed by atoms with Gasteiger partial charge in [0.25, 0.3) is 0 Å². The van der Waals surface area contributed by atoms with Gasteiger partial charge in [-0.25, -0.2) is 0 Å². The number of carbonyl (C=O) groups excluding carboxylic acids is 4. The lowest BCUT2D eigenvalue weighted by molar-refractivity contribution is -0.137. The number of hydrogen-bond donors (Lipinski definition) is 5. The van der Waals surface area contributed by atoms with Crippen molar-refractivity contribution >= 4 is 35.3 Å². The number of tetrazole rings is 1. The van der Waals surface area contributed by atoms with E-state index in [9.17, 15) is 24.0 Å². The molecular weight excluding hydrogens is 496 g/mol. The highest BCUT2D eigenvalue weighted by molar-refractivity contribution is 6.05. The number of hydrogen-bond acceptors (Lipinski definition) is 8. The number of fused-ring (bicyclic) bond motifs is 1. The summed E-state index contributed by atoms with van der Waals surface area (Å²) >= 11 is 0. The van der Waals surface area contributed by atoms with Crippen LogP contribution in [0, 0.1) is 5.92 Å². The van der Waals surface area contributed by atoms with Crippen molar-refractivity contribution in [2.45, 2.75) is 64.6 Å². The number of carboxylic acids is 1. The summed E-state index contributed by atoms with van der Waals surface area (Å²) in [5, 5.41) is 30.0. The van der Waals surface area contributed by atoms with E-state index in [2.05, 4.69) is 36.6 Å². The number of nitrogens with zero attached hydrogens (tertiary/aromatic N) is 4. The third-order valence-corrected chi connectivity index (χ3v) is 6.38. The number of carboxylic acid groups (broad SMARTS) is 1. The van der Waals surface area contributed by atoms with Gasteiger partial charge in [-0.15, -0.1) is 10.2 Å². The molecule has 2 aromatic rings. The fourth-order valence-electron chi connectivity index (χ4n) is 4.15. The van der Waals surface area contributed by atoms with Crippen LogP contribution in [0.2, 0.25) is 0 Å². The first-order valence-electron chi connectivity index (χ1n) is 12.4. The minimum absolute atomic E-state index is 0.0311. The third kappa shape index (κ3) is 7.33. The first-order chi connectivity index (χ1) is 18.2. The van der Waals surface area contributed by atoms with Crippen LogP contribution in [0.4, 0.5) is 5.69 Å². The topological polar surface area (TPSA) is 199 Å². The van der Waals surface area contributed by atoms with Crippen LogP contribution in [0.5, 0.6) is 0 Å². The van der Waals surface area contributed by atoms with E-state index in [-0.39, 0.29) is 38.3 Å². The first kappa shape index (κ1) is 28.2. The zero-order valence-corrected chi connectivity index (χ0v) is 21.3. The minimum atomic E-state index is -1.00. The van der Waals surface area contributed by atoms with Crippen molar-refractivity contribution < 1.29 is 29.1 Å². The number of amides is 4. The molecule has 0 radical (unpaired) electrons. The zero-order valence-electron chi connectivity index (χ0n) is 21.3. The number of nitrogens with one attached hydrogen (secondary N) is 4. The Morgan fingerprint density at radius 2 is 1.92 bits per heavy atom. The molecule has 1 aromatic heterocycles. The molecule has 5 N–H and O–H groups in total. The molecule has 4 amide bonds. The molecule has 3 rings (SSSR count). The van der Waals surface area contributed by atoms with Crippen LogP contribution in [0.1, 0.15) is 50.9 Å². The highest BCUT2D eigenvalue weighted by Crippen LogP contribution is 2.32. The van der Waals surface area contributed by atoms with Crippen LogP contribution >= 0.6 is 0 Å². The summed E-state index contributed by atoms with van der Waals surface area (Å²) in [5.74, 6) is -2.81. The van der Waals surface area contributed by atoms with Crippen LogP contribution in [0.3, 0.4) is 0 Å². The average Bonchev–Trinajstić information content (AvgIpc) is 3.56. The van der Waals surface area contributed by atoms with E-state index in [1.807, 2.05) is 19.1 Å². The lowest BCUT2D eigenvalue weighted by atomic mass is 9.98. The summed E-state index contributed by atoms with van der Waals surface area (Å²) in [4.78, 5) is 63.6. The molecule has 0 unspecified atom stereocenters. The quantitative estimate of drug-likeness (QED) is 0.231. The fourth-order valence-corrected chi connectivity index (χ4v) is 4.15. The largest absolute Gasteiger partial charge is 0.481 e. The SMILES string of the molecule is CC[C@H](C)[C@H](NC(=O)CCCC(=O)O)C(=O)NCC(=O)N1c2ccccc2C[C@H]1C(=O)NCc1nn[nH]n1. The normalized spacial score (nSPS) is 15.7. The number of aromatic nitrogens is 4. The van der Waals surface area contributed by atoms with Gasteiger partial charge in [0.05, 0.1) is 13.1 Å². The Morgan fingerprint density at radius 3 is 2.61 bits per heavy atom. The number of para-hydroxylation sites is 1. The highest BCUT2D eigenvalue weighted by Gasteiger charge is 2.38. The van der Waals surface area contributed by atoms with Crippen molar-refractivity contribution in [1.29, 1.82) is 0 Å². The molecule has 2 heterocycles. The Balaban J connectivity index is 1.64. The molecule has 0 saturated carbocycles. The molecule has 0 spiro atoms. The molecule has 3 atom stereocenters. The summed E-state index contributed by atoms with van der Waals surface area (Å²) < 4.78 is 0. The number of benzene rings is 1. The molecule has 38 heavy (non-hydrogen) atoms. The van der Waals surface area contributed by atoms with Crippen molar-refractivity contribution in [1.82, 2.24) is 36.6 Å². The van der Waals surface area contributed by atoms with Gasteiger partial charge in [-0.05, 0) is 24.0 Å². The van der Waals surface area contributed by atoms with Gasteiger partial charge in [0.2, 0.25) is 23.6 Å². The summed E-state index contributed by atoms with van der Waals surface area (Å²) in [5.41, 5.74) is 1.40. The summed E-state index contributed by atoms with van der Waals surface area (Å²) in [6.07, 6.45) is 0.859. The van der Waals surface area contributed by atoms with Gasteiger partial charge in [0.15, 0.2) is 5.82 Å². The summed E-state index contributed by atoms with van der Waals surface area (Å²) in [7, 11) is 0. The smallest absolute Gasteiger partial charge is 0.303 e. The van der Waals surface area contributed by atoms with Gasteiger partial charge >= 0.3 is 5.97 Å². The van der Waals surface area contributed by atoms with E-state index >= 15 is 0 Å². The predicted octanol–water partition coefficient (Wildman–Crippen LogP) is -0.324. The molecule has 0 fully saturated rings. The second-order valence-corrected chi connectivity index (χ2v) is 9.05. The lowest BCUT2D eigenvalue weighted by Gasteiger charge is -2.26. The Bertz CT molecular complexity index is 1150. The molecule has 1 aliphatic rings. The average molecular weight is 529 g/mol.